The molecular weight excluding hydrogens is 461 g/mol. The van der Waals surface area contributed by atoms with E-state index in [2.05, 4.69) is 61.0 Å². The Morgan fingerprint density at radius 3 is 1.11 bits per heavy atom. The first-order valence-electron chi connectivity index (χ1n) is 8.27. The van der Waals surface area contributed by atoms with E-state index >= 15 is 0 Å². The van der Waals surface area contributed by atoms with Crippen LogP contribution in [-0.2, 0) is 0 Å². The van der Waals surface area contributed by atoms with Crippen LogP contribution in [0, 0.1) is 0 Å². The average molecular weight is 489 g/mol. The number of benzene rings is 2. The first-order valence-corrected chi connectivity index (χ1v) is 14.2. The first kappa shape index (κ1) is 27.6. The average Bonchev–Trinajstić information content (AvgIpc) is 2.73. The Morgan fingerprint density at radius 2 is 0.893 bits per heavy atom. The van der Waals surface area contributed by atoms with Crippen molar-refractivity contribution in [3.8, 4) is 11.1 Å². The zero-order chi connectivity index (χ0) is 21.4. The minimum Gasteiger partial charge on any atom is -0.363 e. The molecule has 8 heteroatoms. The quantitative estimate of drug-likeness (QED) is 0.324. The summed E-state index contributed by atoms with van der Waals surface area (Å²) in [6.07, 6.45) is 4.12. The van der Waals surface area contributed by atoms with Gasteiger partial charge in [0.15, 0.2) is 0 Å². The third-order valence-electron chi connectivity index (χ3n) is 2.96. The molecule has 2 aromatic rings. The molecule has 2 aromatic carbocycles. The zero-order valence-electron chi connectivity index (χ0n) is 17.1. The molecule has 0 amide bonds. The second kappa shape index (κ2) is 17.5. The van der Waals surface area contributed by atoms with E-state index < -0.39 is 0 Å². The van der Waals surface area contributed by atoms with Crippen LogP contribution in [0.3, 0.4) is 0 Å². The van der Waals surface area contributed by atoms with Crippen LogP contribution in [-0.4, -0.2) is 59.1 Å². The SMILES string of the molecule is CN(C)C(=S)SSC(=S)N(C)C.CSSC.c1ccc(-c2ccccc2)cc1. The maximum atomic E-state index is 5.07. The van der Waals surface area contributed by atoms with Gasteiger partial charge < -0.3 is 9.80 Å². The fraction of sp³-hybridized carbons (Fsp3) is 0.300. The lowest BCUT2D eigenvalue weighted by molar-refractivity contribution is 0.647. The minimum absolute atomic E-state index is 0.837. The van der Waals surface area contributed by atoms with Gasteiger partial charge in [0, 0.05) is 28.2 Å². The van der Waals surface area contributed by atoms with E-state index in [0.29, 0.717) is 0 Å². The van der Waals surface area contributed by atoms with Crippen LogP contribution < -0.4 is 0 Å². The topological polar surface area (TPSA) is 6.48 Å². The molecule has 0 fully saturated rings. The van der Waals surface area contributed by atoms with Gasteiger partial charge >= 0.3 is 0 Å². The number of thiocarbonyl (C=S) groups is 2. The molecule has 0 saturated carbocycles. The second-order valence-electron chi connectivity index (χ2n) is 5.55. The van der Waals surface area contributed by atoms with Gasteiger partial charge in [-0.15, -0.1) is 0 Å². The molecule has 0 aromatic heterocycles. The monoisotopic (exact) mass is 488 g/mol. The third kappa shape index (κ3) is 13.7. The second-order valence-corrected chi connectivity index (χ2v) is 11.6. The zero-order valence-corrected chi connectivity index (χ0v) is 22.0. The van der Waals surface area contributed by atoms with Gasteiger partial charge in [-0.25, -0.2) is 0 Å². The van der Waals surface area contributed by atoms with Crippen LogP contribution in [0.5, 0.6) is 0 Å². The standard InChI is InChI=1S/C12H10.C6H12N2S4.C2H6S2/c1-3-7-11(8-4-1)12-9-5-2-6-10-12;1-7(2)5(9)11-12-6(10)8(3)4;1-3-4-2/h1-10H;1-4H3;1-2H3. The summed E-state index contributed by atoms with van der Waals surface area (Å²) in [5.41, 5.74) is 2.55. The maximum absolute atomic E-state index is 5.07. The van der Waals surface area contributed by atoms with Crippen molar-refractivity contribution in [2.75, 3.05) is 40.7 Å². The van der Waals surface area contributed by atoms with Crippen LogP contribution >= 0.6 is 67.6 Å². The summed E-state index contributed by atoms with van der Waals surface area (Å²) in [4.78, 5) is 3.79. The lowest BCUT2D eigenvalue weighted by Crippen LogP contribution is -2.18. The van der Waals surface area contributed by atoms with Gasteiger partial charge in [0.1, 0.15) is 8.64 Å². The smallest absolute Gasteiger partial charge is 0.146 e. The van der Waals surface area contributed by atoms with Crippen molar-refractivity contribution in [3.05, 3.63) is 60.7 Å². The Balaban J connectivity index is 0.000000439. The Hall–Kier alpha value is -0.380. The summed E-state index contributed by atoms with van der Waals surface area (Å²) >= 11 is 10.1. The summed E-state index contributed by atoms with van der Waals surface area (Å²) < 4.78 is 1.67. The highest BCUT2D eigenvalue weighted by molar-refractivity contribution is 8.89. The van der Waals surface area contributed by atoms with Gasteiger partial charge in [-0.1, -0.05) is 107 Å². The van der Waals surface area contributed by atoms with Gasteiger partial charge in [0.05, 0.1) is 0 Å². The molecule has 0 heterocycles. The highest BCUT2D eigenvalue weighted by atomic mass is 33.1. The Morgan fingerprint density at radius 1 is 0.607 bits per heavy atom. The highest BCUT2D eigenvalue weighted by Crippen LogP contribution is 2.26. The molecule has 2 nitrogen and oxygen atoms in total. The van der Waals surface area contributed by atoms with E-state index in [4.69, 9.17) is 24.4 Å². The third-order valence-corrected chi connectivity index (χ3v) is 8.45. The normalized spacial score (nSPS) is 9.21. The van der Waals surface area contributed by atoms with Crippen molar-refractivity contribution in [2.45, 2.75) is 0 Å². The van der Waals surface area contributed by atoms with Crippen molar-refractivity contribution < 1.29 is 0 Å². The maximum Gasteiger partial charge on any atom is 0.146 e. The van der Waals surface area contributed by atoms with Gasteiger partial charge in [-0.3, -0.25) is 0 Å². The Kier molecular flexibility index (Phi) is 17.2. The molecular formula is C20H28N2S6. The molecule has 0 spiro atoms. The van der Waals surface area contributed by atoms with Gasteiger partial charge in [-0.05, 0) is 45.2 Å². The fourth-order valence-corrected chi connectivity index (χ4v) is 3.86. The van der Waals surface area contributed by atoms with E-state index in [1.54, 1.807) is 21.6 Å². The van der Waals surface area contributed by atoms with Crippen LogP contribution in [0.25, 0.3) is 11.1 Å². The van der Waals surface area contributed by atoms with Crippen molar-refractivity contribution in [1.82, 2.24) is 9.80 Å². The van der Waals surface area contributed by atoms with E-state index in [9.17, 15) is 0 Å². The number of hydrogen-bond acceptors (Lipinski definition) is 6. The Labute approximate surface area is 197 Å². The van der Waals surface area contributed by atoms with E-state index in [1.807, 2.05) is 50.1 Å². The predicted molar refractivity (Wildman–Crippen MR) is 147 cm³/mol. The van der Waals surface area contributed by atoms with Crippen molar-refractivity contribution >= 4 is 76.3 Å². The molecule has 0 atom stereocenters. The predicted octanol–water partition coefficient (Wildman–Crippen LogP) is 7.04. The summed E-state index contributed by atoms with van der Waals surface area (Å²) in [6, 6.07) is 20.8. The summed E-state index contributed by atoms with van der Waals surface area (Å²) in [6.45, 7) is 0. The summed E-state index contributed by atoms with van der Waals surface area (Å²) in [5.74, 6) is 0. The molecule has 154 valence electrons. The van der Waals surface area contributed by atoms with Crippen molar-refractivity contribution in [3.63, 3.8) is 0 Å². The van der Waals surface area contributed by atoms with Crippen LogP contribution in [0.1, 0.15) is 0 Å². The molecule has 0 aliphatic carbocycles. The molecule has 0 radical (unpaired) electrons. The number of rotatable bonds is 2. The molecule has 0 saturated heterocycles. The van der Waals surface area contributed by atoms with Crippen molar-refractivity contribution in [2.24, 2.45) is 0 Å². The van der Waals surface area contributed by atoms with Gasteiger partial charge in [0.25, 0.3) is 0 Å². The summed E-state index contributed by atoms with van der Waals surface area (Å²) in [7, 11) is 14.3. The van der Waals surface area contributed by atoms with E-state index in [0.717, 1.165) is 8.64 Å². The lowest BCUT2D eigenvalue weighted by atomic mass is 10.1. The number of hydrogen-bond donors (Lipinski definition) is 0. The first-order chi connectivity index (χ1) is 13.3. The van der Waals surface area contributed by atoms with Gasteiger partial charge in [0.2, 0.25) is 0 Å². The molecule has 0 aliphatic rings. The molecule has 2 rings (SSSR count). The van der Waals surface area contributed by atoms with E-state index in [1.165, 1.54) is 32.7 Å². The van der Waals surface area contributed by atoms with Crippen molar-refractivity contribution in [1.29, 1.82) is 0 Å². The number of nitrogens with zero attached hydrogens (tertiary/aromatic N) is 2. The molecule has 28 heavy (non-hydrogen) atoms. The fourth-order valence-electron chi connectivity index (χ4n) is 1.48. The highest BCUT2D eigenvalue weighted by Gasteiger charge is 2.05. The van der Waals surface area contributed by atoms with Crippen LogP contribution in [0.15, 0.2) is 60.7 Å². The molecule has 0 aliphatic heterocycles. The largest absolute Gasteiger partial charge is 0.363 e. The lowest BCUT2D eigenvalue weighted by Gasteiger charge is -2.15. The van der Waals surface area contributed by atoms with Crippen LogP contribution in [0.2, 0.25) is 0 Å². The minimum atomic E-state index is 0.837. The summed E-state index contributed by atoms with van der Waals surface area (Å²) in [5, 5.41) is 0. The molecule has 0 bridgehead atoms. The molecule has 0 N–H and O–H groups in total. The molecule has 0 unspecified atom stereocenters. The van der Waals surface area contributed by atoms with E-state index in [-0.39, 0.29) is 0 Å². The Bertz CT molecular complexity index is 603. The van der Waals surface area contributed by atoms with Gasteiger partial charge in [-0.2, -0.15) is 0 Å². The van der Waals surface area contributed by atoms with Crippen LogP contribution in [0.4, 0.5) is 0 Å².